The third kappa shape index (κ3) is 3.55. The van der Waals surface area contributed by atoms with Crippen molar-refractivity contribution in [2.75, 3.05) is 19.9 Å². The first-order valence-corrected chi connectivity index (χ1v) is 8.31. The Morgan fingerprint density at radius 1 is 1.18 bits per heavy atom. The van der Waals surface area contributed by atoms with E-state index in [1.807, 2.05) is 12.1 Å². The predicted molar refractivity (Wildman–Crippen MR) is 85.9 cm³/mol. The smallest absolute Gasteiger partial charge is 0.274 e. The normalized spacial score (nSPS) is 18.6. The van der Waals surface area contributed by atoms with Gasteiger partial charge in [-0.3, -0.25) is 4.79 Å². The SMILES string of the molecule is O=C(N1CCC(Cc2ccc3c(c2)OCO3)CC1)C(Cl)(Cl)Cl. The lowest BCUT2D eigenvalue weighted by Crippen LogP contribution is -2.44. The maximum atomic E-state index is 11.9. The van der Waals surface area contributed by atoms with Crippen LogP contribution in [0.5, 0.6) is 11.5 Å². The van der Waals surface area contributed by atoms with E-state index in [4.69, 9.17) is 44.3 Å². The summed E-state index contributed by atoms with van der Waals surface area (Å²) in [7, 11) is 0. The molecule has 1 amide bonds. The van der Waals surface area contributed by atoms with Gasteiger partial charge in [0, 0.05) is 13.1 Å². The molecule has 120 valence electrons. The van der Waals surface area contributed by atoms with Crippen molar-refractivity contribution in [2.45, 2.75) is 23.1 Å². The van der Waals surface area contributed by atoms with Gasteiger partial charge in [0.15, 0.2) is 11.5 Å². The first-order chi connectivity index (χ1) is 10.4. The molecule has 0 unspecified atom stereocenters. The van der Waals surface area contributed by atoms with Gasteiger partial charge in [-0.2, -0.15) is 0 Å². The molecule has 2 heterocycles. The van der Waals surface area contributed by atoms with Crippen molar-refractivity contribution in [1.82, 2.24) is 4.90 Å². The number of amides is 1. The minimum atomic E-state index is -1.86. The number of carbonyl (C=O) groups excluding carboxylic acids is 1. The van der Waals surface area contributed by atoms with E-state index in [-0.39, 0.29) is 6.79 Å². The van der Waals surface area contributed by atoms with Crippen LogP contribution in [0.15, 0.2) is 18.2 Å². The Bertz CT molecular complexity index is 566. The first kappa shape index (κ1) is 16.0. The average molecular weight is 365 g/mol. The van der Waals surface area contributed by atoms with Gasteiger partial charge < -0.3 is 14.4 Å². The molecule has 0 atom stereocenters. The number of alkyl halides is 3. The van der Waals surface area contributed by atoms with E-state index in [0.717, 1.165) is 30.8 Å². The van der Waals surface area contributed by atoms with E-state index in [1.54, 1.807) is 4.90 Å². The molecule has 0 saturated carbocycles. The minimum Gasteiger partial charge on any atom is -0.454 e. The van der Waals surface area contributed by atoms with E-state index >= 15 is 0 Å². The molecule has 1 fully saturated rings. The standard InChI is InChI=1S/C15H16Cl3NO3/c16-15(17,18)14(20)19-5-3-10(4-6-19)7-11-1-2-12-13(8-11)22-9-21-12/h1-2,8,10H,3-7,9H2. The zero-order chi connectivity index (χ0) is 15.7. The number of benzene rings is 1. The van der Waals surface area contributed by atoms with Gasteiger partial charge in [-0.25, -0.2) is 0 Å². The lowest BCUT2D eigenvalue weighted by molar-refractivity contribution is -0.131. The number of carbonyl (C=O) groups is 1. The molecule has 1 aromatic carbocycles. The van der Waals surface area contributed by atoms with Crippen LogP contribution in [0.25, 0.3) is 0 Å². The molecule has 0 N–H and O–H groups in total. The molecule has 1 aromatic rings. The average Bonchev–Trinajstić information content (AvgIpc) is 2.94. The fraction of sp³-hybridized carbons (Fsp3) is 0.533. The summed E-state index contributed by atoms with van der Waals surface area (Å²) in [6.45, 7) is 1.54. The number of likely N-dealkylation sites (tertiary alicyclic amines) is 1. The van der Waals surface area contributed by atoms with Crippen LogP contribution in [0.1, 0.15) is 18.4 Å². The van der Waals surface area contributed by atoms with E-state index < -0.39 is 9.70 Å². The monoisotopic (exact) mass is 363 g/mol. The lowest BCUT2D eigenvalue weighted by Gasteiger charge is -2.33. The van der Waals surface area contributed by atoms with E-state index in [0.29, 0.717) is 19.0 Å². The van der Waals surface area contributed by atoms with Gasteiger partial charge in [0.2, 0.25) is 6.79 Å². The summed E-state index contributed by atoms with van der Waals surface area (Å²) in [5, 5.41) is 0. The first-order valence-electron chi connectivity index (χ1n) is 7.18. The zero-order valence-electron chi connectivity index (χ0n) is 11.9. The highest BCUT2D eigenvalue weighted by atomic mass is 35.6. The second kappa shape index (κ2) is 6.34. The van der Waals surface area contributed by atoms with Crippen LogP contribution in [0.2, 0.25) is 0 Å². The van der Waals surface area contributed by atoms with Crippen LogP contribution < -0.4 is 9.47 Å². The van der Waals surface area contributed by atoms with E-state index in [2.05, 4.69) is 6.07 Å². The minimum absolute atomic E-state index is 0.288. The Kier molecular flexibility index (Phi) is 4.62. The van der Waals surface area contributed by atoms with Crippen molar-refractivity contribution in [3.63, 3.8) is 0 Å². The highest BCUT2D eigenvalue weighted by molar-refractivity contribution is 6.76. The van der Waals surface area contributed by atoms with Crippen LogP contribution in [-0.2, 0) is 11.2 Å². The number of piperidine rings is 1. The van der Waals surface area contributed by atoms with Gasteiger partial charge >= 0.3 is 0 Å². The Morgan fingerprint density at radius 2 is 1.86 bits per heavy atom. The molecule has 2 aliphatic heterocycles. The van der Waals surface area contributed by atoms with E-state index in [1.165, 1.54) is 5.56 Å². The number of ether oxygens (including phenoxy) is 2. The number of nitrogens with zero attached hydrogens (tertiary/aromatic N) is 1. The van der Waals surface area contributed by atoms with Crippen LogP contribution in [-0.4, -0.2) is 34.5 Å². The Morgan fingerprint density at radius 3 is 2.55 bits per heavy atom. The molecule has 1 saturated heterocycles. The summed E-state index contributed by atoms with van der Waals surface area (Å²) in [5.74, 6) is 1.69. The quantitative estimate of drug-likeness (QED) is 0.753. The molecule has 4 nitrogen and oxygen atoms in total. The number of hydrogen-bond acceptors (Lipinski definition) is 3. The molecular weight excluding hydrogens is 349 g/mol. The molecular formula is C15H16Cl3NO3. The molecule has 0 radical (unpaired) electrons. The largest absolute Gasteiger partial charge is 0.454 e. The Hall–Kier alpha value is -0.840. The summed E-state index contributed by atoms with van der Waals surface area (Å²) in [5.41, 5.74) is 1.22. The number of hydrogen-bond donors (Lipinski definition) is 0. The van der Waals surface area contributed by atoms with Crippen molar-refractivity contribution >= 4 is 40.7 Å². The third-order valence-electron chi connectivity index (χ3n) is 4.11. The zero-order valence-corrected chi connectivity index (χ0v) is 14.1. The highest BCUT2D eigenvalue weighted by Gasteiger charge is 2.36. The van der Waals surface area contributed by atoms with Gasteiger partial charge in [0.25, 0.3) is 9.70 Å². The van der Waals surface area contributed by atoms with E-state index in [9.17, 15) is 4.79 Å². The molecule has 22 heavy (non-hydrogen) atoms. The summed E-state index contributed by atoms with van der Waals surface area (Å²) < 4.78 is 8.85. The van der Waals surface area contributed by atoms with Gasteiger partial charge in [0.1, 0.15) is 0 Å². The summed E-state index contributed by atoms with van der Waals surface area (Å²) >= 11 is 17.0. The van der Waals surface area contributed by atoms with Crippen molar-refractivity contribution in [3.05, 3.63) is 23.8 Å². The fourth-order valence-electron chi connectivity index (χ4n) is 2.92. The summed E-state index contributed by atoms with van der Waals surface area (Å²) in [4.78, 5) is 13.5. The molecule has 0 aromatic heterocycles. The van der Waals surface area contributed by atoms with Crippen molar-refractivity contribution in [2.24, 2.45) is 5.92 Å². The van der Waals surface area contributed by atoms with Crippen LogP contribution in [0, 0.1) is 5.92 Å². The topological polar surface area (TPSA) is 38.8 Å². The predicted octanol–water partition coefficient (Wildman–Crippen LogP) is 3.57. The highest BCUT2D eigenvalue weighted by Crippen LogP contribution is 2.35. The second-order valence-electron chi connectivity index (χ2n) is 5.63. The van der Waals surface area contributed by atoms with Crippen LogP contribution in [0.3, 0.4) is 0 Å². The Balaban J connectivity index is 1.55. The maximum absolute atomic E-state index is 11.9. The third-order valence-corrected chi connectivity index (χ3v) is 4.59. The molecule has 7 heteroatoms. The second-order valence-corrected chi connectivity index (χ2v) is 7.91. The van der Waals surface area contributed by atoms with Gasteiger partial charge in [-0.15, -0.1) is 0 Å². The molecule has 3 rings (SSSR count). The number of fused-ring (bicyclic) bond motifs is 1. The van der Waals surface area contributed by atoms with Crippen LogP contribution in [0.4, 0.5) is 0 Å². The molecule has 2 aliphatic rings. The Labute approximate surface area is 144 Å². The summed E-state index contributed by atoms with van der Waals surface area (Å²) in [6.07, 6.45) is 2.76. The van der Waals surface area contributed by atoms with Gasteiger partial charge in [-0.1, -0.05) is 40.9 Å². The van der Waals surface area contributed by atoms with Crippen molar-refractivity contribution < 1.29 is 14.3 Å². The number of halogens is 3. The van der Waals surface area contributed by atoms with Gasteiger partial charge in [0.05, 0.1) is 0 Å². The molecule has 0 spiro atoms. The van der Waals surface area contributed by atoms with Crippen molar-refractivity contribution in [1.29, 1.82) is 0 Å². The fourth-order valence-corrected chi connectivity index (χ4v) is 3.28. The maximum Gasteiger partial charge on any atom is 0.274 e. The molecule has 0 aliphatic carbocycles. The van der Waals surface area contributed by atoms with Gasteiger partial charge in [-0.05, 0) is 42.9 Å². The van der Waals surface area contributed by atoms with Crippen LogP contribution >= 0.6 is 34.8 Å². The molecule has 0 bridgehead atoms. The lowest BCUT2D eigenvalue weighted by atomic mass is 9.90. The van der Waals surface area contributed by atoms with Crippen molar-refractivity contribution in [3.8, 4) is 11.5 Å². The number of rotatable bonds is 2. The summed E-state index contributed by atoms with van der Waals surface area (Å²) in [6, 6.07) is 6.03.